The molecule has 0 saturated carbocycles. The number of aryl methyl sites for hydroxylation is 16. The summed E-state index contributed by atoms with van der Waals surface area (Å²) in [6.45, 7) is 64.3. The first-order valence-corrected chi connectivity index (χ1v) is 32.3. The third kappa shape index (κ3) is 50.3. The Morgan fingerprint density at radius 2 is 0.523 bits per heavy atom. The molecule has 0 atom stereocenters. The largest absolute Gasteiger partial charge is 0.264 e. The molecule has 0 aliphatic carbocycles. The van der Waals surface area contributed by atoms with Crippen molar-refractivity contribution in [3.05, 3.63) is 261 Å². The van der Waals surface area contributed by atoms with E-state index in [9.17, 15) is 0 Å². The number of benzene rings is 3. The van der Waals surface area contributed by atoms with E-state index in [1.165, 1.54) is 66.1 Å². The van der Waals surface area contributed by atoms with Crippen LogP contribution in [0, 0.1) is 111 Å². The van der Waals surface area contributed by atoms with Crippen LogP contribution in [0.15, 0.2) is 171 Å². The quantitative estimate of drug-likeness (QED) is 0.138. The Kier molecular flexibility index (Phi) is 64.6. The second kappa shape index (κ2) is 62.2. The van der Waals surface area contributed by atoms with Crippen LogP contribution in [0.2, 0.25) is 0 Å². The van der Waals surface area contributed by atoms with Gasteiger partial charge in [-0.15, -0.1) is 0 Å². The van der Waals surface area contributed by atoms with E-state index >= 15 is 0 Å². The molecule has 0 unspecified atom stereocenters. The van der Waals surface area contributed by atoms with Crippen molar-refractivity contribution in [1.82, 2.24) is 39.9 Å². The summed E-state index contributed by atoms with van der Waals surface area (Å²) in [4.78, 5) is 32.3. The Hall–Kier alpha value is -7.84. The fourth-order valence-corrected chi connectivity index (χ4v) is 6.54. The normalized spacial score (nSPS) is 8.45. The van der Waals surface area contributed by atoms with Crippen LogP contribution in [-0.4, -0.2) is 39.9 Å². The standard InChI is InChI=1S/C16H14.6C7H9N.C6H8N2.8C2H6/c1-11-3-5-13-10-16-8-12(2)4-6-14(16)9-15(13)7-11;1-6-3-7(2)5-8-4-6;2*1-6-3-4-8-7(2)5-6;2*1-6-3-4-7(2)8-5-6;1-6-4-3-5-7(2)8-6;1-5-3-7-6(2)8-4-5;8*1-2/h3-10H,1-2H3;6*3-5H,1-2H3;3-4H,1-2H3;8*1-2H3. The molecule has 0 fully saturated rings. The predicted octanol–water partition coefficient (Wildman–Crippen LogP) is 24.1. The molecule has 0 radical (unpaired) electrons. The third-order valence-corrected chi connectivity index (χ3v) is 10.3. The lowest BCUT2D eigenvalue weighted by Gasteiger charge is -2.04. The van der Waals surface area contributed by atoms with Crippen LogP contribution in [0.1, 0.15) is 201 Å². The summed E-state index contributed by atoms with van der Waals surface area (Å²) in [5.41, 5.74) is 17.7. The molecule has 484 valence electrons. The van der Waals surface area contributed by atoms with E-state index in [1.807, 2.05) is 286 Å². The van der Waals surface area contributed by atoms with Crippen LogP contribution >= 0.6 is 0 Å². The molecule has 10 aromatic rings. The van der Waals surface area contributed by atoms with E-state index in [2.05, 4.69) is 146 Å². The molecule has 0 aliphatic rings. The molecule has 0 aliphatic heterocycles. The van der Waals surface area contributed by atoms with Gasteiger partial charge in [0.25, 0.3) is 0 Å². The molecular formula is C80H124N8. The van der Waals surface area contributed by atoms with Crippen LogP contribution in [-0.2, 0) is 0 Å². The molecule has 88 heavy (non-hydrogen) atoms. The summed E-state index contributed by atoms with van der Waals surface area (Å²) < 4.78 is 0. The molecule has 0 spiro atoms. The molecule has 10 rings (SSSR count). The van der Waals surface area contributed by atoms with E-state index in [4.69, 9.17) is 0 Å². The number of hydrogen-bond acceptors (Lipinski definition) is 8. The number of nitrogens with zero attached hydrogens (tertiary/aromatic N) is 8. The molecule has 0 N–H and O–H groups in total. The molecule has 8 heteroatoms. The molecule has 0 bridgehead atoms. The summed E-state index contributed by atoms with van der Waals surface area (Å²) in [6.07, 6.45) is 14.7. The highest BCUT2D eigenvalue weighted by molar-refractivity contribution is 5.98. The molecule has 3 aromatic carbocycles. The summed E-state index contributed by atoms with van der Waals surface area (Å²) >= 11 is 0. The van der Waals surface area contributed by atoms with Crippen molar-refractivity contribution in [1.29, 1.82) is 0 Å². The molecule has 8 nitrogen and oxygen atoms in total. The Bertz CT molecular complexity index is 2660. The van der Waals surface area contributed by atoms with Gasteiger partial charge in [-0.1, -0.05) is 183 Å². The van der Waals surface area contributed by atoms with Crippen molar-refractivity contribution in [2.45, 2.75) is 222 Å². The Labute approximate surface area is 541 Å². The predicted molar refractivity (Wildman–Crippen MR) is 395 cm³/mol. The van der Waals surface area contributed by atoms with Crippen molar-refractivity contribution in [3.8, 4) is 0 Å². The number of fused-ring (bicyclic) bond motifs is 2. The zero-order chi connectivity index (χ0) is 69.0. The first-order chi connectivity index (χ1) is 42.2. The van der Waals surface area contributed by atoms with Crippen molar-refractivity contribution in [2.75, 3.05) is 0 Å². The highest BCUT2D eigenvalue weighted by Crippen LogP contribution is 2.24. The minimum atomic E-state index is 0.829. The van der Waals surface area contributed by atoms with E-state index < -0.39 is 0 Å². The van der Waals surface area contributed by atoms with E-state index in [0.717, 1.165) is 45.6 Å². The summed E-state index contributed by atoms with van der Waals surface area (Å²) in [7, 11) is 0. The first-order valence-electron chi connectivity index (χ1n) is 32.3. The van der Waals surface area contributed by atoms with E-state index in [0.29, 0.717) is 0 Å². The Balaban J connectivity index is -0.000000214. The lowest BCUT2D eigenvalue weighted by molar-refractivity contribution is 1.03. The molecular weight excluding hydrogens is 1070 g/mol. The average molecular weight is 1200 g/mol. The van der Waals surface area contributed by atoms with Crippen LogP contribution in [0.4, 0.5) is 0 Å². The van der Waals surface area contributed by atoms with Crippen LogP contribution < -0.4 is 0 Å². The van der Waals surface area contributed by atoms with Crippen molar-refractivity contribution in [3.63, 3.8) is 0 Å². The second-order valence-corrected chi connectivity index (χ2v) is 18.2. The number of rotatable bonds is 0. The maximum Gasteiger partial charge on any atom is 0.125 e. The maximum atomic E-state index is 4.17. The van der Waals surface area contributed by atoms with Gasteiger partial charge in [0.2, 0.25) is 0 Å². The average Bonchev–Trinajstić information content (AvgIpc) is 2.65. The lowest BCUT2D eigenvalue weighted by Crippen LogP contribution is -1.84. The number of pyridine rings is 6. The first kappa shape index (κ1) is 91.3. The minimum absolute atomic E-state index is 0.829. The smallest absolute Gasteiger partial charge is 0.125 e. The minimum Gasteiger partial charge on any atom is -0.264 e. The van der Waals surface area contributed by atoms with Crippen LogP contribution in [0.25, 0.3) is 21.5 Å². The van der Waals surface area contributed by atoms with E-state index in [-0.39, 0.29) is 0 Å². The highest BCUT2D eigenvalue weighted by Gasteiger charge is 1.99. The lowest BCUT2D eigenvalue weighted by atomic mass is 10.0. The second-order valence-electron chi connectivity index (χ2n) is 18.2. The van der Waals surface area contributed by atoms with Gasteiger partial charge in [0, 0.05) is 83.7 Å². The van der Waals surface area contributed by atoms with Crippen LogP contribution in [0.5, 0.6) is 0 Å². The van der Waals surface area contributed by atoms with Gasteiger partial charge in [0.1, 0.15) is 5.82 Å². The van der Waals surface area contributed by atoms with Gasteiger partial charge in [0.15, 0.2) is 0 Å². The number of aromatic nitrogens is 8. The Morgan fingerprint density at radius 3 is 0.750 bits per heavy atom. The van der Waals surface area contributed by atoms with E-state index in [1.54, 1.807) is 0 Å². The monoisotopic (exact) mass is 1200 g/mol. The zero-order valence-corrected chi connectivity index (χ0v) is 61.7. The fraction of sp³-hybridized carbons (Fsp3) is 0.400. The highest BCUT2D eigenvalue weighted by atomic mass is 14.8. The van der Waals surface area contributed by atoms with Crippen LogP contribution in [0.3, 0.4) is 0 Å². The maximum absolute atomic E-state index is 4.17. The van der Waals surface area contributed by atoms with Crippen molar-refractivity contribution in [2.24, 2.45) is 0 Å². The molecule has 0 saturated heterocycles. The van der Waals surface area contributed by atoms with Gasteiger partial charge in [-0.05, 0) is 232 Å². The topological polar surface area (TPSA) is 103 Å². The van der Waals surface area contributed by atoms with Gasteiger partial charge < -0.3 is 0 Å². The third-order valence-electron chi connectivity index (χ3n) is 10.3. The summed E-state index contributed by atoms with van der Waals surface area (Å²) in [5.74, 6) is 0.829. The summed E-state index contributed by atoms with van der Waals surface area (Å²) in [5, 5.41) is 5.31. The number of hydrogen-bond donors (Lipinski definition) is 0. The van der Waals surface area contributed by atoms with Gasteiger partial charge in [-0.25, -0.2) is 9.97 Å². The fourth-order valence-electron chi connectivity index (χ4n) is 6.54. The van der Waals surface area contributed by atoms with Gasteiger partial charge in [0.05, 0.1) is 0 Å². The Morgan fingerprint density at radius 1 is 0.205 bits per heavy atom. The van der Waals surface area contributed by atoms with Crippen molar-refractivity contribution >= 4 is 21.5 Å². The van der Waals surface area contributed by atoms with Gasteiger partial charge in [-0.2, -0.15) is 0 Å². The SMILES string of the molecule is CC.CC.CC.CC.CC.CC.CC.CC.Cc1ccc(C)nc1.Cc1ccc(C)nc1.Cc1ccc2cc3cc(C)ccc3cc2c1.Cc1cccc(C)n1.Cc1ccnc(C)c1.Cc1ccnc(C)c1.Cc1cnc(C)nc1.Cc1cncc(C)c1. The van der Waals surface area contributed by atoms with Crippen molar-refractivity contribution < 1.29 is 0 Å². The zero-order valence-electron chi connectivity index (χ0n) is 61.7. The molecule has 0 amide bonds. The van der Waals surface area contributed by atoms with Gasteiger partial charge in [-0.3, -0.25) is 29.9 Å². The summed E-state index contributed by atoms with van der Waals surface area (Å²) in [6, 6.07) is 42.1. The van der Waals surface area contributed by atoms with Gasteiger partial charge >= 0.3 is 0 Å². The molecule has 7 aromatic heterocycles. The molecule has 7 heterocycles.